The van der Waals surface area contributed by atoms with Crippen LogP contribution >= 0.6 is 0 Å². The van der Waals surface area contributed by atoms with E-state index in [1.54, 1.807) is 38.1 Å². The molecule has 0 unspecified atom stereocenters. The van der Waals surface area contributed by atoms with Gasteiger partial charge in [0.2, 0.25) is 0 Å². The molecule has 0 spiro atoms. The SMILES string of the molecule is C=C(C)C(=O)Oc1ccc(-c2ccc(/C=C/c3ccc(OC(=O)C(=C)C)cc3C)o2)cc1. The number of carbonyl (C=O) groups is 2. The molecule has 162 valence electrons. The Balaban J connectivity index is 1.68. The summed E-state index contributed by atoms with van der Waals surface area (Å²) in [5.41, 5.74) is 3.48. The number of carbonyl (C=O) groups excluding carboxylic acids is 2. The summed E-state index contributed by atoms with van der Waals surface area (Å²) in [6.45, 7) is 12.3. The van der Waals surface area contributed by atoms with Crippen LogP contribution in [0.5, 0.6) is 11.5 Å². The summed E-state index contributed by atoms with van der Waals surface area (Å²) in [5, 5.41) is 0. The Hall–Kier alpha value is -4.12. The fraction of sp³-hybridized carbons (Fsp3) is 0.111. The van der Waals surface area contributed by atoms with Crippen molar-refractivity contribution >= 4 is 24.1 Å². The standard InChI is InChI=1S/C27H24O5/c1-17(2)26(28)31-23-11-8-21(9-12-23)25-15-14-22(30-25)10-6-20-7-13-24(16-19(20)5)32-27(29)18(3)4/h6-16H,1,3H2,2,4-5H3/b10-6+. The second-order valence-electron chi connectivity index (χ2n) is 7.42. The second-order valence-corrected chi connectivity index (χ2v) is 7.42. The van der Waals surface area contributed by atoms with Crippen molar-refractivity contribution in [2.75, 3.05) is 0 Å². The predicted octanol–water partition coefficient (Wildman–Crippen LogP) is 6.39. The minimum atomic E-state index is -0.458. The molecule has 3 rings (SSSR count). The molecule has 0 fully saturated rings. The van der Waals surface area contributed by atoms with E-state index in [0.717, 1.165) is 16.7 Å². The Labute approximate surface area is 187 Å². The van der Waals surface area contributed by atoms with Crippen LogP contribution in [0.3, 0.4) is 0 Å². The molecule has 0 saturated heterocycles. The van der Waals surface area contributed by atoms with Gasteiger partial charge in [0.05, 0.1) is 0 Å². The summed E-state index contributed by atoms with van der Waals surface area (Å²) in [7, 11) is 0. The largest absolute Gasteiger partial charge is 0.457 e. The molecule has 1 heterocycles. The number of benzene rings is 2. The van der Waals surface area contributed by atoms with Crippen molar-refractivity contribution in [2.45, 2.75) is 20.8 Å². The molecule has 0 atom stereocenters. The summed E-state index contributed by atoms with van der Waals surface area (Å²) in [6, 6.07) is 16.2. The highest BCUT2D eigenvalue weighted by Gasteiger charge is 2.08. The van der Waals surface area contributed by atoms with Crippen LogP contribution in [0.1, 0.15) is 30.7 Å². The minimum Gasteiger partial charge on any atom is -0.457 e. The molecule has 32 heavy (non-hydrogen) atoms. The highest BCUT2D eigenvalue weighted by molar-refractivity contribution is 5.89. The number of aryl methyl sites for hydroxylation is 1. The lowest BCUT2D eigenvalue weighted by atomic mass is 10.1. The molecule has 5 nitrogen and oxygen atoms in total. The van der Waals surface area contributed by atoms with Crippen molar-refractivity contribution in [3.05, 3.63) is 95.8 Å². The van der Waals surface area contributed by atoms with E-state index in [-0.39, 0.29) is 0 Å². The lowest BCUT2D eigenvalue weighted by molar-refractivity contribution is -0.130. The average Bonchev–Trinajstić information content (AvgIpc) is 3.22. The number of esters is 2. The van der Waals surface area contributed by atoms with E-state index in [4.69, 9.17) is 13.9 Å². The van der Waals surface area contributed by atoms with Crippen LogP contribution in [-0.2, 0) is 9.59 Å². The average molecular weight is 428 g/mol. The maximum Gasteiger partial charge on any atom is 0.338 e. The Bertz CT molecular complexity index is 1210. The molecule has 0 aliphatic heterocycles. The lowest BCUT2D eigenvalue weighted by Gasteiger charge is -2.06. The smallest absolute Gasteiger partial charge is 0.338 e. The van der Waals surface area contributed by atoms with Crippen LogP contribution in [0.15, 0.2) is 83.3 Å². The molecule has 0 aliphatic rings. The van der Waals surface area contributed by atoms with E-state index in [2.05, 4.69) is 13.2 Å². The number of rotatable bonds is 7. The van der Waals surface area contributed by atoms with Crippen molar-refractivity contribution in [1.29, 1.82) is 0 Å². The van der Waals surface area contributed by atoms with Gasteiger partial charge in [-0.1, -0.05) is 25.3 Å². The number of furan rings is 1. The van der Waals surface area contributed by atoms with E-state index in [9.17, 15) is 9.59 Å². The molecule has 1 aromatic heterocycles. The molecular formula is C27H24O5. The summed E-state index contributed by atoms with van der Waals surface area (Å²) in [6.07, 6.45) is 3.80. The van der Waals surface area contributed by atoms with Gasteiger partial charge in [-0.15, -0.1) is 0 Å². The third kappa shape index (κ3) is 5.73. The zero-order valence-electron chi connectivity index (χ0n) is 18.3. The lowest BCUT2D eigenvalue weighted by Crippen LogP contribution is -2.08. The van der Waals surface area contributed by atoms with Crippen LogP contribution in [0.2, 0.25) is 0 Å². The molecule has 5 heteroatoms. The topological polar surface area (TPSA) is 65.7 Å². The number of hydrogen-bond donors (Lipinski definition) is 0. The fourth-order valence-corrected chi connectivity index (χ4v) is 2.74. The normalized spacial score (nSPS) is 10.7. The molecule has 3 aromatic rings. The Kier molecular flexibility index (Phi) is 6.90. The number of hydrogen-bond acceptors (Lipinski definition) is 5. The molecule has 0 radical (unpaired) electrons. The Morgan fingerprint density at radius 3 is 2.00 bits per heavy atom. The maximum absolute atomic E-state index is 11.7. The Morgan fingerprint density at radius 2 is 1.41 bits per heavy atom. The first-order valence-electron chi connectivity index (χ1n) is 9.97. The second kappa shape index (κ2) is 9.79. The van der Waals surface area contributed by atoms with Crippen molar-refractivity contribution in [3.63, 3.8) is 0 Å². The van der Waals surface area contributed by atoms with E-state index in [1.807, 2.05) is 49.4 Å². The van der Waals surface area contributed by atoms with Gasteiger partial charge in [-0.2, -0.15) is 0 Å². The van der Waals surface area contributed by atoms with Crippen LogP contribution in [-0.4, -0.2) is 11.9 Å². The first kappa shape index (κ1) is 22.6. The third-order valence-electron chi connectivity index (χ3n) is 4.55. The minimum absolute atomic E-state index is 0.342. The highest BCUT2D eigenvalue weighted by atomic mass is 16.5. The Morgan fingerprint density at radius 1 is 0.812 bits per heavy atom. The van der Waals surface area contributed by atoms with Crippen molar-refractivity contribution in [3.8, 4) is 22.8 Å². The van der Waals surface area contributed by atoms with Gasteiger partial charge < -0.3 is 13.9 Å². The molecular weight excluding hydrogens is 404 g/mol. The van der Waals surface area contributed by atoms with E-state index in [0.29, 0.717) is 34.2 Å². The summed E-state index contributed by atoms with van der Waals surface area (Å²) < 4.78 is 16.4. The van der Waals surface area contributed by atoms with Crippen LogP contribution in [0, 0.1) is 6.92 Å². The van der Waals surface area contributed by atoms with E-state index < -0.39 is 11.9 Å². The van der Waals surface area contributed by atoms with E-state index >= 15 is 0 Å². The van der Waals surface area contributed by atoms with Gasteiger partial charge in [0.25, 0.3) is 0 Å². The highest BCUT2D eigenvalue weighted by Crippen LogP contribution is 2.26. The monoisotopic (exact) mass is 428 g/mol. The first-order chi connectivity index (χ1) is 15.2. The zero-order chi connectivity index (χ0) is 23.3. The fourth-order valence-electron chi connectivity index (χ4n) is 2.74. The molecule has 0 aliphatic carbocycles. The third-order valence-corrected chi connectivity index (χ3v) is 4.55. The van der Waals surface area contributed by atoms with Gasteiger partial charge in [0.15, 0.2) is 0 Å². The van der Waals surface area contributed by atoms with Crippen LogP contribution < -0.4 is 9.47 Å². The molecule has 0 N–H and O–H groups in total. The van der Waals surface area contributed by atoms with Crippen molar-refractivity contribution in [2.24, 2.45) is 0 Å². The van der Waals surface area contributed by atoms with Gasteiger partial charge in [-0.25, -0.2) is 9.59 Å². The van der Waals surface area contributed by atoms with Gasteiger partial charge in [0, 0.05) is 16.7 Å². The van der Waals surface area contributed by atoms with Gasteiger partial charge >= 0.3 is 11.9 Å². The summed E-state index contributed by atoms with van der Waals surface area (Å²) in [4.78, 5) is 23.3. The predicted molar refractivity (Wildman–Crippen MR) is 125 cm³/mol. The van der Waals surface area contributed by atoms with Crippen molar-refractivity contribution < 1.29 is 23.5 Å². The van der Waals surface area contributed by atoms with Crippen LogP contribution in [0.25, 0.3) is 23.5 Å². The zero-order valence-corrected chi connectivity index (χ0v) is 18.3. The molecule has 0 saturated carbocycles. The van der Waals surface area contributed by atoms with Crippen LogP contribution in [0.4, 0.5) is 0 Å². The summed E-state index contributed by atoms with van der Waals surface area (Å²) in [5.74, 6) is 1.40. The van der Waals surface area contributed by atoms with Crippen molar-refractivity contribution in [1.82, 2.24) is 0 Å². The molecule has 0 amide bonds. The quantitative estimate of drug-likeness (QED) is 0.248. The van der Waals surface area contributed by atoms with Gasteiger partial charge in [-0.05, 0) is 86.5 Å². The van der Waals surface area contributed by atoms with Gasteiger partial charge in [-0.3, -0.25) is 0 Å². The maximum atomic E-state index is 11.7. The summed E-state index contributed by atoms with van der Waals surface area (Å²) >= 11 is 0. The first-order valence-corrected chi connectivity index (χ1v) is 9.97. The van der Waals surface area contributed by atoms with Gasteiger partial charge in [0.1, 0.15) is 23.0 Å². The molecule has 2 aromatic carbocycles. The number of ether oxygens (including phenoxy) is 2. The van der Waals surface area contributed by atoms with E-state index in [1.165, 1.54) is 0 Å². The molecule has 0 bridgehead atoms.